The monoisotopic (exact) mass is 206 g/mol. The van der Waals surface area contributed by atoms with Gasteiger partial charge in [0.1, 0.15) is 11.3 Å². The average Bonchev–Trinajstić information content (AvgIpc) is 2.20. The Morgan fingerprint density at radius 1 is 1.60 bits per heavy atom. The van der Waals surface area contributed by atoms with E-state index in [0.29, 0.717) is 18.8 Å². The first-order chi connectivity index (χ1) is 7.15. The molecule has 0 atom stereocenters. The van der Waals surface area contributed by atoms with Crippen LogP contribution in [-0.4, -0.2) is 17.7 Å². The molecule has 0 unspecified atom stereocenters. The van der Waals surface area contributed by atoms with Gasteiger partial charge in [-0.05, 0) is 25.5 Å². The van der Waals surface area contributed by atoms with E-state index < -0.39 is 5.97 Å². The second-order valence-electron chi connectivity index (χ2n) is 3.23. The van der Waals surface area contributed by atoms with Gasteiger partial charge in [-0.1, -0.05) is 17.7 Å². The predicted molar refractivity (Wildman–Crippen MR) is 58.4 cm³/mol. The summed E-state index contributed by atoms with van der Waals surface area (Å²) in [5, 5.41) is 8.95. The van der Waals surface area contributed by atoms with Crippen molar-refractivity contribution in [2.24, 2.45) is 0 Å². The molecule has 3 nitrogen and oxygen atoms in total. The summed E-state index contributed by atoms with van der Waals surface area (Å²) in [6.45, 7) is 5.87. The molecule has 15 heavy (non-hydrogen) atoms. The lowest BCUT2D eigenvalue weighted by Gasteiger charge is -2.08. The summed E-state index contributed by atoms with van der Waals surface area (Å²) in [5.41, 5.74) is 1.11. The van der Waals surface area contributed by atoms with Crippen LogP contribution in [-0.2, 0) is 0 Å². The van der Waals surface area contributed by atoms with Crippen LogP contribution in [0.4, 0.5) is 0 Å². The maximum Gasteiger partial charge on any atom is 0.339 e. The molecule has 0 aliphatic rings. The minimum atomic E-state index is -0.965. The zero-order chi connectivity index (χ0) is 11.3. The summed E-state index contributed by atoms with van der Waals surface area (Å²) in [5.74, 6) is -0.553. The van der Waals surface area contributed by atoms with E-state index in [0.717, 1.165) is 5.56 Å². The fourth-order valence-electron chi connectivity index (χ4n) is 1.19. The summed E-state index contributed by atoms with van der Waals surface area (Å²) in [7, 11) is 0. The molecule has 0 heterocycles. The fraction of sp³-hybridized carbons (Fsp3) is 0.250. The van der Waals surface area contributed by atoms with Crippen LogP contribution in [0.3, 0.4) is 0 Å². The molecule has 1 rings (SSSR count). The van der Waals surface area contributed by atoms with Crippen LogP contribution >= 0.6 is 0 Å². The van der Waals surface area contributed by atoms with Crippen molar-refractivity contribution in [3.8, 4) is 5.75 Å². The summed E-state index contributed by atoms with van der Waals surface area (Å²) in [6.07, 6.45) is 2.43. The van der Waals surface area contributed by atoms with Gasteiger partial charge in [0.2, 0.25) is 0 Å². The normalized spacial score (nSPS) is 9.67. The summed E-state index contributed by atoms with van der Waals surface area (Å²) in [6, 6.07) is 5.11. The van der Waals surface area contributed by atoms with Gasteiger partial charge in [0.05, 0.1) is 6.61 Å². The highest BCUT2D eigenvalue weighted by Crippen LogP contribution is 2.20. The number of ether oxygens (including phenoxy) is 1. The number of carboxylic acids is 1. The van der Waals surface area contributed by atoms with Crippen LogP contribution in [0.2, 0.25) is 0 Å². The average molecular weight is 206 g/mol. The van der Waals surface area contributed by atoms with Gasteiger partial charge in [0.25, 0.3) is 0 Å². The van der Waals surface area contributed by atoms with Crippen molar-refractivity contribution < 1.29 is 14.6 Å². The van der Waals surface area contributed by atoms with E-state index in [1.807, 2.05) is 13.0 Å². The highest BCUT2D eigenvalue weighted by Gasteiger charge is 2.10. The SMILES string of the molecule is C=CCCOc1ccc(C)cc1C(=O)O. The molecule has 0 saturated carbocycles. The van der Waals surface area contributed by atoms with Gasteiger partial charge < -0.3 is 9.84 Å². The number of aryl methyl sites for hydroxylation is 1. The molecule has 0 spiro atoms. The lowest BCUT2D eigenvalue weighted by Crippen LogP contribution is -2.04. The zero-order valence-electron chi connectivity index (χ0n) is 8.69. The second kappa shape index (κ2) is 5.20. The fourth-order valence-corrected chi connectivity index (χ4v) is 1.19. The van der Waals surface area contributed by atoms with Crippen LogP contribution in [0.1, 0.15) is 22.3 Å². The molecule has 1 aromatic rings. The highest BCUT2D eigenvalue weighted by molar-refractivity contribution is 5.91. The maximum absolute atomic E-state index is 10.9. The molecule has 80 valence electrons. The molecule has 0 aliphatic carbocycles. The van der Waals surface area contributed by atoms with Gasteiger partial charge in [-0.2, -0.15) is 0 Å². The smallest absolute Gasteiger partial charge is 0.339 e. The molecule has 3 heteroatoms. The van der Waals surface area contributed by atoms with Crippen molar-refractivity contribution in [3.63, 3.8) is 0 Å². The van der Waals surface area contributed by atoms with Gasteiger partial charge >= 0.3 is 5.97 Å². The predicted octanol–water partition coefficient (Wildman–Crippen LogP) is 2.65. The van der Waals surface area contributed by atoms with Gasteiger partial charge in [0, 0.05) is 0 Å². The minimum absolute atomic E-state index is 0.207. The second-order valence-corrected chi connectivity index (χ2v) is 3.23. The molecule has 0 fully saturated rings. The number of rotatable bonds is 5. The van der Waals surface area contributed by atoms with Crippen LogP contribution in [0.5, 0.6) is 5.75 Å². The topological polar surface area (TPSA) is 46.5 Å². The van der Waals surface area contributed by atoms with Gasteiger partial charge in [-0.3, -0.25) is 0 Å². The van der Waals surface area contributed by atoms with E-state index in [4.69, 9.17) is 9.84 Å². The Balaban J connectivity index is 2.85. The lowest BCUT2D eigenvalue weighted by atomic mass is 10.1. The molecule has 0 aliphatic heterocycles. The first-order valence-electron chi connectivity index (χ1n) is 4.73. The summed E-state index contributed by atoms with van der Waals surface area (Å²) < 4.78 is 5.34. The van der Waals surface area contributed by atoms with E-state index in [1.54, 1.807) is 18.2 Å². The van der Waals surface area contributed by atoms with Crippen LogP contribution in [0.15, 0.2) is 30.9 Å². The van der Waals surface area contributed by atoms with Gasteiger partial charge in [-0.15, -0.1) is 6.58 Å². The number of carboxylic acid groups (broad SMARTS) is 1. The van der Waals surface area contributed by atoms with Crippen LogP contribution < -0.4 is 4.74 Å². The first kappa shape index (κ1) is 11.3. The van der Waals surface area contributed by atoms with E-state index in [9.17, 15) is 4.79 Å². The highest BCUT2D eigenvalue weighted by atomic mass is 16.5. The van der Waals surface area contributed by atoms with E-state index >= 15 is 0 Å². The Kier molecular flexibility index (Phi) is 3.92. The first-order valence-corrected chi connectivity index (χ1v) is 4.73. The van der Waals surface area contributed by atoms with Crippen molar-refractivity contribution in [3.05, 3.63) is 42.0 Å². The Bertz CT molecular complexity index is 369. The number of carbonyl (C=O) groups is 1. The number of benzene rings is 1. The minimum Gasteiger partial charge on any atom is -0.492 e. The number of hydrogen-bond donors (Lipinski definition) is 1. The Morgan fingerprint density at radius 2 is 2.33 bits per heavy atom. The molecular weight excluding hydrogens is 192 g/mol. The molecule has 0 bridgehead atoms. The molecule has 1 aromatic carbocycles. The standard InChI is InChI=1S/C12H14O3/c1-3-4-7-15-11-6-5-9(2)8-10(11)12(13)14/h3,5-6,8H,1,4,7H2,2H3,(H,13,14). The van der Waals surface area contributed by atoms with E-state index in [1.165, 1.54) is 0 Å². The molecule has 0 saturated heterocycles. The summed E-state index contributed by atoms with van der Waals surface area (Å²) in [4.78, 5) is 10.9. The third-order valence-corrected chi connectivity index (χ3v) is 1.95. The maximum atomic E-state index is 10.9. The molecule has 1 N–H and O–H groups in total. The number of aromatic carboxylic acids is 1. The quantitative estimate of drug-likeness (QED) is 0.595. The van der Waals surface area contributed by atoms with Crippen LogP contribution in [0, 0.1) is 6.92 Å². The Morgan fingerprint density at radius 3 is 2.93 bits per heavy atom. The van der Waals surface area contributed by atoms with E-state index in [2.05, 4.69) is 6.58 Å². The third-order valence-electron chi connectivity index (χ3n) is 1.95. The zero-order valence-corrected chi connectivity index (χ0v) is 8.69. The molecule has 0 aromatic heterocycles. The Hall–Kier alpha value is -1.77. The molecule has 0 radical (unpaired) electrons. The molecular formula is C12H14O3. The summed E-state index contributed by atoms with van der Waals surface area (Å²) >= 11 is 0. The van der Waals surface area contributed by atoms with Crippen LogP contribution in [0.25, 0.3) is 0 Å². The number of hydrogen-bond acceptors (Lipinski definition) is 2. The van der Waals surface area contributed by atoms with E-state index in [-0.39, 0.29) is 5.56 Å². The third kappa shape index (κ3) is 3.13. The van der Waals surface area contributed by atoms with Crippen molar-refractivity contribution in [2.45, 2.75) is 13.3 Å². The Labute approximate surface area is 89.0 Å². The molecule has 0 amide bonds. The largest absolute Gasteiger partial charge is 0.492 e. The van der Waals surface area contributed by atoms with Gasteiger partial charge in [0.15, 0.2) is 0 Å². The van der Waals surface area contributed by atoms with Crippen molar-refractivity contribution in [2.75, 3.05) is 6.61 Å². The van der Waals surface area contributed by atoms with Crippen molar-refractivity contribution in [1.82, 2.24) is 0 Å². The van der Waals surface area contributed by atoms with Crippen molar-refractivity contribution >= 4 is 5.97 Å². The van der Waals surface area contributed by atoms with Crippen molar-refractivity contribution in [1.29, 1.82) is 0 Å². The van der Waals surface area contributed by atoms with Gasteiger partial charge in [-0.25, -0.2) is 4.79 Å². The lowest BCUT2D eigenvalue weighted by molar-refractivity contribution is 0.0692.